The number of carbonyl (C=O) groups is 2. The maximum Gasteiger partial charge on any atom is 0.303 e. The van der Waals surface area contributed by atoms with E-state index in [0.29, 0.717) is 32.5 Å². The van der Waals surface area contributed by atoms with Gasteiger partial charge in [-0.25, -0.2) is 4.39 Å². The molecule has 1 amide bonds. The van der Waals surface area contributed by atoms with Crippen molar-refractivity contribution in [1.29, 1.82) is 0 Å². The van der Waals surface area contributed by atoms with Gasteiger partial charge >= 0.3 is 5.97 Å². The molecular weight excluding hydrogens is 301 g/mol. The molecular formula is C17H22FNO4. The first kappa shape index (κ1) is 17.2. The molecule has 126 valence electrons. The lowest BCUT2D eigenvalue weighted by Gasteiger charge is -2.31. The van der Waals surface area contributed by atoms with E-state index in [1.54, 1.807) is 23.1 Å². The fourth-order valence-electron chi connectivity index (χ4n) is 2.76. The van der Waals surface area contributed by atoms with Gasteiger partial charge in [0, 0.05) is 25.9 Å². The first-order chi connectivity index (χ1) is 11.1. The molecule has 0 unspecified atom stereocenters. The van der Waals surface area contributed by atoms with Crippen LogP contribution in [-0.2, 0) is 9.59 Å². The third kappa shape index (κ3) is 5.54. The number of aliphatic carboxylic acids is 1. The third-order valence-corrected chi connectivity index (χ3v) is 4.06. The molecule has 1 heterocycles. The van der Waals surface area contributed by atoms with E-state index in [2.05, 4.69) is 0 Å². The summed E-state index contributed by atoms with van der Waals surface area (Å²) in [4.78, 5) is 24.5. The number of halogens is 1. The SMILES string of the molecule is O=C(O)CC1CCN(C(=O)CCCOc2ccccc2F)CC1. The van der Waals surface area contributed by atoms with Gasteiger partial charge in [-0.1, -0.05) is 12.1 Å². The highest BCUT2D eigenvalue weighted by molar-refractivity contribution is 5.76. The zero-order valence-corrected chi connectivity index (χ0v) is 13.0. The third-order valence-electron chi connectivity index (χ3n) is 4.06. The Balaban J connectivity index is 1.64. The number of amides is 1. The van der Waals surface area contributed by atoms with Gasteiger partial charge in [-0.05, 0) is 37.3 Å². The molecule has 1 fully saturated rings. The molecule has 0 saturated carbocycles. The quantitative estimate of drug-likeness (QED) is 0.784. The lowest BCUT2D eigenvalue weighted by atomic mass is 9.93. The predicted molar refractivity (Wildman–Crippen MR) is 82.7 cm³/mol. The second-order valence-electron chi connectivity index (χ2n) is 5.80. The van der Waals surface area contributed by atoms with Crippen LogP contribution < -0.4 is 4.74 Å². The molecule has 0 aromatic heterocycles. The van der Waals surface area contributed by atoms with Crippen molar-refractivity contribution in [2.75, 3.05) is 19.7 Å². The Morgan fingerprint density at radius 2 is 1.96 bits per heavy atom. The number of ether oxygens (including phenoxy) is 1. The molecule has 2 rings (SSSR count). The van der Waals surface area contributed by atoms with E-state index >= 15 is 0 Å². The highest BCUT2D eigenvalue weighted by atomic mass is 19.1. The molecule has 1 saturated heterocycles. The highest BCUT2D eigenvalue weighted by Crippen LogP contribution is 2.21. The standard InChI is InChI=1S/C17H22FNO4/c18-14-4-1-2-5-15(14)23-11-3-6-16(20)19-9-7-13(8-10-19)12-17(21)22/h1-2,4-5,13H,3,6-12H2,(H,21,22). The van der Waals surface area contributed by atoms with E-state index in [1.807, 2.05) is 0 Å². The van der Waals surface area contributed by atoms with Crippen LogP contribution in [0, 0.1) is 11.7 Å². The van der Waals surface area contributed by atoms with Crippen molar-refractivity contribution >= 4 is 11.9 Å². The van der Waals surface area contributed by atoms with E-state index in [0.717, 1.165) is 12.8 Å². The first-order valence-electron chi connectivity index (χ1n) is 7.93. The molecule has 23 heavy (non-hydrogen) atoms. The summed E-state index contributed by atoms with van der Waals surface area (Å²) in [7, 11) is 0. The fraction of sp³-hybridized carbons (Fsp3) is 0.529. The number of rotatable bonds is 7. The number of para-hydroxylation sites is 1. The minimum absolute atomic E-state index is 0.0518. The van der Waals surface area contributed by atoms with E-state index in [4.69, 9.17) is 9.84 Å². The second kappa shape index (κ2) is 8.50. The van der Waals surface area contributed by atoms with Gasteiger partial charge in [0.15, 0.2) is 11.6 Å². The number of benzene rings is 1. The highest BCUT2D eigenvalue weighted by Gasteiger charge is 2.23. The average Bonchev–Trinajstić information content (AvgIpc) is 2.53. The molecule has 1 aliphatic heterocycles. The zero-order valence-electron chi connectivity index (χ0n) is 13.0. The van der Waals surface area contributed by atoms with Crippen molar-refractivity contribution in [3.8, 4) is 5.75 Å². The van der Waals surface area contributed by atoms with Crippen LogP contribution in [0.5, 0.6) is 5.75 Å². The smallest absolute Gasteiger partial charge is 0.303 e. The van der Waals surface area contributed by atoms with E-state index in [9.17, 15) is 14.0 Å². The van der Waals surface area contributed by atoms with Gasteiger partial charge in [0.25, 0.3) is 0 Å². The molecule has 1 aliphatic rings. The molecule has 6 heteroatoms. The monoisotopic (exact) mass is 323 g/mol. The van der Waals surface area contributed by atoms with Crippen LogP contribution in [0.1, 0.15) is 32.1 Å². The van der Waals surface area contributed by atoms with Gasteiger partial charge in [0.2, 0.25) is 5.91 Å². The number of piperidine rings is 1. The molecule has 0 spiro atoms. The summed E-state index contributed by atoms with van der Waals surface area (Å²) >= 11 is 0. The normalized spacial score (nSPS) is 15.4. The van der Waals surface area contributed by atoms with Gasteiger partial charge in [0.1, 0.15) is 0 Å². The number of likely N-dealkylation sites (tertiary alicyclic amines) is 1. The summed E-state index contributed by atoms with van der Waals surface area (Å²) in [5, 5.41) is 8.78. The average molecular weight is 323 g/mol. The maximum absolute atomic E-state index is 13.4. The number of hydrogen-bond donors (Lipinski definition) is 1. The summed E-state index contributed by atoms with van der Waals surface area (Å²) in [6, 6.07) is 6.19. The predicted octanol–water partition coefficient (Wildman–Crippen LogP) is 2.70. The maximum atomic E-state index is 13.4. The molecule has 0 radical (unpaired) electrons. The Bertz CT molecular complexity index is 541. The van der Waals surface area contributed by atoms with Crippen molar-refractivity contribution < 1.29 is 23.8 Å². The second-order valence-corrected chi connectivity index (χ2v) is 5.80. The van der Waals surface area contributed by atoms with E-state index in [1.165, 1.54) is 6.07 Å². The summed E-state index contributed by atoms with van der Waals surface area (Å²) in [6.07, 6.45) is 2.55. The van der Waals surface area contributed by atoms with Crippen molar-refractivity contribution in [1.82, 2.24) is 4.90 Å². The van der Waals surface area contributed by atoms with Crippen LogP contribution in [0.25, 0.3) is 0 Å². The van der Waals surface area contributed by atoms with Gasteiger partial charge < -0.3 is 14.7 Å². The van der Waals surface area contributed by atoms with Crippen molar-refractivity contribution in [2.24, 2.45) is 5.92 Å². The lowest BCUT2D eigenvalue weighted by molar-refractivity contribution is -0.138. The Kier molecular flexibility index (Phi) is 6.38. The fourth-order valence-corrected chi connectivity index (χ4v) is 2.76. The summed E-state index contributed by atoms with van der Waals surface area (Å²) in [6.45, 7) is 1.53. The topological polar surface area (TPSA) is 66.8 Å². The summed E-state index contributed by atoms with van der Waals surface area (Å²) < 4.78 is 18.7. The number of carbonyl (C=O) groups excluding carboxylic acids is 1. The Hall–Kier alpha value is -2.11. The molecule has 0 aliphatic carbocycles. The molecule has 0 atom stereocenters. The van der Waals surface area contributed by atoms with Crippen molar-refractivity contribution in [3.63, 3.8) is 0 Å². The van der Waals surface area contributed by atoms with Crippen molar-refractivity contribution in [3.05, 3.63) is 30.1 Å². The summed E-state index contributed by atoms with van der Waals surface area (Å²) in [5.41, 5.74) is 0. The molecule has 1 aromatic carbocycles. The van der Waals surface area contributed by atoms with Crippen LogP contribution >= 0.6 is 0 Å². The van der Waals surface area contributed by atoms with Crippen molar-refractivity contribution in [2.45, 2.75) is 32.1 Å². The van der Waals surface area contributed by atoms with Crippen LogP contribution in [0.15, 0.2) is 24.3 Å². The number of hydrogen-bond acceptors (Lipinski definition) is 3. The largest absolute Gasteiger partial charge is 0.491 e. The van der Waals surface area contributed by atoms with E-state index < -0.39 is 11.8 Å². The molecule has 0 bridgehead atoms. The molecule has 1 N–H and O–H groups in total. The van der Waals surface area contributed by atoms with Gasteiger partial charge in [-0.15, -0.1) is 0 Å². The Labute approximate surface area is 135 Å². The number of nitrogens with zero attached hydrogens (tertiary/aromatic N) is 1. The summed E-state index contributed by atoms with van der Waals surface area (Å²) in [5.74, 6) is -0.759. The van der Waals surface area contributed by atoms with Crippen LogP contribution in [-0.4, -0.2) is 41.6 Å². The minimum atomic E-state index is -0.778. The van der Waals surface area contributed by atoms with E-state index in [-0.39, 0.29) is 24.0 Å². The molecule has 1 aromatic rings. The number of carboxylic acid groups (broad SMARTS) is 1. The Morgan fingerprint density at radius 1 is 1.26 bits per heavy atom. The molecule has 5 nitrogen and oxygen atoms in total. The lowest BCUT2D eigenvalue weighted by Crippen LogP contribution is -2.38. The number of carboxylic acids is 1. The van der Waals surface area contributed by atoms with Crippen LogP contribution in [0.4, 0.5) is 4.39 Å². The Morgan fingerprint density at radius 3 is 2.61 bits per heavy atom. The van der Waals surface area contributed by atoms with Crippen LogP contribution in [0.2, 0.25) is 0 Å². The van der Waals surface area contributed by atoms with Crippen LogP contribution in [0.3, 0.4) is 0 Å². The minimum Gasteiger partial charge on any atom is -0.491 e. The zero-order chi connectivity index (χ0) is 16.7. The van der Waals surface area contributed by atoms with Gasteiger partial charge in [0.05, 0.1) is 6.61 Å². The van der Waals surface area contributed by atoms with Gasteiger partial charge in [-0.2, -0.15) is 0 Å². The first-order valence-corrected chi connectivity index (χ1v) is 7.93. The van der Waals surface area contributed by atoms with Gasteiger partial charge in [-0.3, -0.25) is 9.59 Å².